The Balaban J connectivity index is 1.52. The number of imide groups is 1. The number of H-pyrrole nitrogens is 1. The van der Waals surface area contributed by atoms with Gasteiger partial charge in [-0.3, -0.25) is 9.59 Å². The second-order valence-corrected chi connectivity index (χ2v) is 11.1. The number of para-hydroxylation sites is 1. The van der Waals surface area contributed by atoms with Gasteiger partial charge in [0.05, 0.1) is 17.5 Å². The van der Waals surface area contributed by atoms with Crippen LogP contribution in [0.5, 0.6) is 0 Å². The normalized spacial score (nSPS) is 29.2. The highest BCUT2D eigenvalue weighted by Gasteiger charge is 2.59. The van der Waals surface area contributed by atoms with Gasteiger partial charge in [-0.25, -0.2) is 9.29 Å². The highest BCUT2D eigenvalue weighted by Crippen LogP contribution is 2.59. The van der Waals surface area contributed by atoms with Crippen molar-refractivity contribution in [1.82, 2.24) is 4.98 Å². The number of aromatic amines is 1. The molecule has 3 aliphatic rings. The number of benzene rings is 2. The van der Waals surface area contributed by atoms with Crippen LogP contribution in [-0.2, 0) is 9.59 Å². The van der Waals surface area contributed by atoms with Gasteiger partial charge in [0.2, 0.25) is 11.8 Å². The fraction of sp³-hybridized carbons (Fsp3) is 0.429. The van der Waals surface area contributed by atoms with E-state index in [1.54, 1.807) is 0 Å². The van der Waals surface area contributed by atoms with Crippen molar-refractivity contribution in [3.63, 3.8) is 0 Å². The smallest absolute Gasteiger partial charge is 0.243 e. The first-order chi connectivity index (χ1) is 15.8. The zero-order valence-electron chi connectivity index (χ0n) is 19.3. The molecule has 4 nitrogen and oxygen atoms in total. The highest BCUT2D eigenvalue weighted by molar-refractivity contribution is 6.24. The molecular formula is C28H29FN2O2. The minimum Gasteiger partial charge on any atom is -0.357 e. The molecule has 6 rings (SSSR count). The summed E-state index contributed by atoms with van der Waals surface area (Å²) in [7, 11) is 0. The van der Waals surface area contributed by atoms with Gasteiger partial charge in [-0.05, 0) is 78.3 Å². The summed E-state index contributed by atoms with van der Waals surface area (Å²) in [6, 6.07) is 13.9. The lowest BCUT2D eigenvalue weighted by Crippen LogP contribution is -2.41. The van der Waals surface area contributed by atoms with Crippen molar-refractivity contribution in [3.8, 4) is 0 Å². The van der Waals surface area contributed by atoms with Crippen molar-refractivity contribution < 1.29 is 14.0 Å². The molecule has 2 aliphatic carbocycles. The van der Waals surface area contributed by atoms with Crippen LogP contribution in [-0.4, -0.2) is 16.8 Å². The maximum atomic E-state index is 13.9. The van der Waals surface area contributed by atoms with E-state index in [0.29, 0.717) is 11.6 Å². The van der Waals surface area contributed by atoms with Gasteiger partial charge in [-0.2, -0.15) is 0 Å². The van der Waals surface area contributed by atoms with Crippen molar-refractivity contribution in [2.45, 2.75) is 51.9 Å². The van der Waals surface area contributed by atoms with Crippen molar-refractivity contribution >= 4 is 28.4 Å². The topological polar surface area (TPSA) is 53.2 Å². The third-order valence-electron chi connectivity index (χ3n) is 8.48. The van der Waals surface area contributed by atoms with Crippen LogP contribution >= 0.6 is 0 Å². The molecule has 2 heterocycles. The molecule has 0 bridgehead atoms. The molecule has 1 N–H and O–H groups in total. The summed E-state index contributed by atoms with van der Waals surface area (Å²) in [4.78, 5) is 32.5. The first kappa shape index (κ1) is 20.6. The lowest BCUT2D eigenvalue weighted by molar-refractivity contribution is -0.123. The second-order valence-electron chi connectivity index (χ2n) is 11.1. The molecule has 5 atom stereocenters. The molecule has 2 fully saturated rings. The van der Waals surface area contributed by atoms with Crippen LogP contribution in [0.15, 0.2) is 48.5 Å². The number of carbonyl (C=O) groups is 2. The van der Waals surface area contributed by atoms with Gasteiger partial charge in [0.25, 0.3) is 0 Å². The van der Waals surface area contributed by atoms with Crippen LogP contribution in [0.3, 0.4) is 0 Å². The Hall–Kier alpha value is -2.95. The Kier molecular flexibility index (Phi) is 4.39. The zero-order chi connectivity index (χ0) is 23.1. The largest absolute Gasteiger partial charge is 0.357 e. The minimum absolute atomic E-state index is 0.126. The molecule has 1 saturated heterocycles. The number of nitrogens with one attached hydrogen (secondary N) is 1. The molecule has 1 unspecified atom stereocenters. The monoisotopic (exact) mass is 444 g/mol. The number of anilines is 1. The number of carbonyl (C=O) groups excluding carboxylic acids is 2. The number of amides is 2. The molecule has 33 heavy (non-hydrogen) atoms. The van der Waals surface area contributed by atoms with E-state index in [0.717, 1.165) is 30.5 Å². The number of aromatic nitrogens is 1. The van der Waals surface area contributed by atoms with E-state index in [1.165, 1.54) is 40.1 Å². The molecule has 2 amide bonds. The summed E-state index contributed by atoms with van der Waals surface area (Å²) < 4.78 is 13.6. The molecule has 5 heteroatoms. The van der Waals surface area contributed by atoms with Gasteiger partial charge in [0.1, 0.15) is 5.82 Å². The zero-order valence-corrected chi connectivity index (χ0v) is 19.3. The number of nitrogens with zero attached hydrogens (tertiary/aromatic N) is 1. The molecule has 1 saturated carbocycles. The lowest BCUT2D eigenvalue weighted by Gasteiger charge is -2.47. The van der Waals surface area contributed by atoms with Crippen LogP contribution in [0.4, 0.5) is 10.1 Å². The molecule has 3 aromatic rings. The van der Waals surface area contributed by atoms with E-state index in [9.17, 15) is 14.0 Å². The number of fused-ring (bicyclic) bond motifs is 8. The van der Waals surface area contributed by atoms with Gasteiger partial charge in [-0.15, -0.1) is 0 Å². The number of halogens is 1. The van der Waals surface area contributed by atoms with Gasteiger partial charge in [-0.1, -0.05) is 39.0 Å². The standard InChI is InChI=1S/C28H29FN2O2/c1-28(2,3)15-8-13-18-20(14-15)23-24(25-22(18)19-6-4-5-7-21(19)30-25)27(33)31(26(23)32)17-11-9-16(29)10-12-17/h4-7,9-12,15,18,20,23-24,30H,8,13-14H2,1-3H3/t15?,18-,20+,23+,24+/m1/s1. The maximum absolute atomic E-state index is 13.9. The summed E-state index contributed by atoms with van der Waals surface area (Å²) in [6.45, 7) is 6.84. The molecule has 0 spiro atoms. The average Bonchev–Trinajstić information content (AvgIpc) is 3.29. The summed E-state index contributed by atoms with van der Waals surface area (Å²) in [5.74, 6) is -0.695. The quantitative estimate of drug-likeness (QED) is 0.458. The highest BCUT2D eigenvalue weighted by atomic mass is 19.1. The van der Waals surface area contributed by atoms with E-state index >= 15 is 0 Å². The van der Waals surface area contributed by atoms with E-state index in [4.69, 9.17) is 0 Å². The van der Waals surface area contributed by atoms with Crippen LogP contribution < -0.4 is 4.90 Å². The lowest BCUT2D eigenvalue weighted by atomic mass is 9.56. The molecule has 170 valence electrons. The van der Waals surface area contributed by atoms with E-state index in [-0.39, 0.29) is 40.8 Å². The predicted molar refractivity (Wildman–Crippen MR) is 126 cm³/mol. The number of rotatable bonds is 1. The fourth-order valence-corrected chi connectivity index (χ4v) is 6.85. The molecule has 2 aromatic carbocycles. The maximum Gasteiger partial charge on any atom is 0.243 e. The van der Waals surface area contributed by atoms with Crippen molar-refractivity contribution in [3.05, 3.63) is 65.6 Å². The number of hydrogen-bond donors (Lipinski definition) is 1. The second kappa shape index (κ2) is 7.02. The SMILES string of the molecule is CC(C)(C)C1CC[C@H]2c3c([nH]c4ccccc34)[C@H]3C(=O)N(c4ccc(F)cc4)C(=O)[C@H]3[C@H]2C1. The van der Waals surface area contributed by atoms with Crippen LogP contribution in [0, 0.1) is 29.0 Å². The minimum atomic E-state index is -0.509. The Morgan fingerprint density at radius 3 is 2.42 bits per heavy atom. The Morgan fingerprint density at radius 1 is 0.970 bits per heavy atom. The third-order valence-corrected chi connectivity index (χ3v) is 8.48. The Morgan fingerprint density at radius 2 is 1.70 bits per heavy atom. The fourth-order valence-electron chi connectivity index (χ4n) is 6.85. The van der Waals surface area contributed by atoms with Gasteiger partial charge in [0, 0.05) is 16.6 Å². The molecule has 0 radical (unpaired) electrons. The van der Waals surface area contributed by atoms with Crippen molar-refractivity contribution in [1.29, 1.82) is 0 Å². The molecular weight excluding hydrogens is 415 g/mol. The van der Waals surface area contributed by atoms with Gasteiger partial charge in [0.15, 0.2) is 0 Å². The summed E-state index contributed by atoms with van der Waals surface area (Å²) in [5.41, 5.74) is 3.80. The predicted octanol–water partition coefficient (Wildman–Crippen LogP) is 6.14. The van der Waals surface area contributed by atoms with Crippen molar-refractivity contribution in [2.75, 3.05) is 4.90 Å². The number of hydrogen-bond acceptors (Lipinski definition) is 2. The molecule has 1 aromatic heterocycles. The van der Waals surface area contributed by atoms with Crippen LogP contribution in [0.25, 0.3) is 10.9 Å². The van der Waals surface area contributed by atoms with Crippen LogP contribution in [0.2, 0.25) is 0 Å². The Bertz CT molecular complexity index is 1270. The molecule has 1 aliphatic heterocycles. The first-order valence-electron chi connectivity index (χ1n) is 12.0. The van der Waals surface area contributed by atoms with Crippen LogP contribution in [0.1, 0.15) is 63.1 Å². The summed E-state index contributed by atoms with van der Waals surface area (Å²) >= 11 is 0. The summed E-state index contributed by atoms with van der Waals surface area (Å²) in [6.07, 6.45) is 3.11. The summed E-state index contributed by atoms with van der Waals surface area (Å²) in [5, 5.41) is 1.18. The van der Waals surface area contributed by atoms with Crippen molar-refractivity contribution in [2.24, 2.45) is 23.2 Å². The first-order valence-corrected chi connectivity index (χ1v) is 12.0. The van der Waals surface area contributed by atoms with E-state index in [1.807, 2.05) is 12.1 Å². The average molecular weight is 445 g/mol. The van der Waals surface area contributed by atoms with Gasteiger partial charge >= 0.3 is 0 Å². The van der Waals surface area contributed by atoms with E-state index in [2.05, 4.69) is 37.9 Å². The third kappa shape index (κ3) is 2.94. The van der Waals surface area contributed by atoms with E-state index < -0.39 is 5.92 Å². The Labute approximate surface area is 193 Å². The van der Waals surface area contributed by atoms with Gasteiger partial charge < -0.3 is 4.98 Å².